The van der Waals surface area contributed by atoms with Crippen LogP contribution >= 0.6 is 11.6 Å². The van der Waals surface area contributed by atoms with Crippen LogP contribution in [-0.4, -0.2) is 9.97 Å². The first-order valence-electron chi connectivity index (χ1n) is 6.75. The molecule has 1 aromatic heterocycles. The van der Waals surface area contributed by atoms with E-state index in [1.54, 1.807) is 6.20 Å². The Hall–Kier alpha value is -1.32. The Morgan fingerprint density at radius 1 is 1.26 bits per heavy atom. The third kappa shape index (κ3) is 3.58. The monoisotopic (exact) mass is 277 g/mol. The van der Waals surface area contributed by atoms with Crippen molar-refractivity contribution in [3.63, 3.8) is 0 Å². The summed E-state index contributed by atoms with van der Waals surface area (Å²) in [4.78, 5) is 7.52. The molecule has 2 unspecified atom stereocenters. The number of nitrogens with one attached hydrogen (secondary N) is 2. The van der Waals surface area contributed by atoms with E-state index in [1.165, 1.54) is 5.56 Å². The van der Waals surface area contributed by atoms with Crippen LogP contribution in [-0.2, 0) is 0 Å². The van der Waals surface area contributed by atoms with Gasteiger partial charge in [0.1, 0.15) is 5.82 Å². The Kier molecular flexibility index (Phi) is 5.00. The van der Waals surface area contributed by atoms with Crippen molar-refractivity contribution in [3.8, 4) is 0 Å². The van der Waals surface area contributed by atoms with E-state index in [2.05, 4.69) is 35.2 Å². The van der Waals surface area contributed by atoms with Crippen LogP contribution in [0, 0.1) is 0 Å². The molecule has 2 rings (SSSR count). The van der Waals surface area contributed by atoms with Gasteiger partial charge in [0.05, 0.1) is 6.04 Å². The standard InChI is InChI=1S/C15H20ClN3/c1-3-13(11-6-5-7-12(16)10-11)19-14(4-2)15-17-8-9-18-15/h5-10,13-14,19H,3-4H2,1-2H3,(H,17,18). The second-order valence-electron chi connectivity index (χ2n) is 4.62. The summed E-state index contributed by atoms with van der Waals surface area (Å²) < 4.78 is 0. The van der Waals surface area contributed by atoms with E-state index in [1.807, 2.05) is 24.4 Å². The molecule has 2 atom stereocenters. The van der Waals surface area contributed by atoms with Gasteiger partial charge in [-0.25, -0.2) is 4.98 Å². The number of halogens is 1. The van der Waals surface area contributed by atoms with Crippen molar-refractivity contribution in [3.05, 3.63) is 53.1 Å². The number of hydrogen-bond donors (Lipinski definition) is 2. The molecule has 19 heavy (non-hydrogen) atoms. The van der Waals surface area contributed by atoms with Crippen molar-refractivity contribution in [1.29, 1.82) is 0 Å². The number of hydrogen-bond acceptors (Lipinski definition) is 2. The molecule has 102 valence electrons. The van der Waals surface area contributed by atoms with Crippen molar-refractivity contribution >= 4 is 11.6 Å². The summed E-state index contributed by atoms with van der Waals surface area (Å²) in [6.45, 7) is 4.33. The molecular weight excluding hydrogens is 258 g/mol. The zero-order valence-electron chi connectivity index (χ0n) is 11.4. The average molecular weight is 278 g/mol. The maximum atomic E-state index is 6.07. The first-order valence-corrected chi connectivity index (χ1v) is 7.13. The number of H-pyrrole nitrogens is 1. The quantitative estimate of drug-likeness (QED) is 0.828. The summed E-state index contributed by atoms with van der Waals surface area (Å²) in [5.41, 5.74) is 1.22. The smallest absolute Gasteiger partial charge is 0.123 e. The molecule has 0 aliphatic carbocycles. The van der Waals surface area contributed by atoms with Gasteiger partial charge in [-0.15, -0.1) is 0 Å². The maximum Gasteiger partial charge on any atom is 0.123 e. The Morgan fingerprint density at radius 3 is 2.63 bits per heavy atom. The van der Waals surface area contributed by atoms with Gasteiger partial charge in [-0.05, 0) is 30.5 Å². The summed E-state index contributed by atoms with van der Waals surface area (Å²) in [6, 6.07) is 8.56. The fraction of sp³-hybridized carbons (Fsp3) is 0.400. The fourth-order valence-corrected chi connectivity index (χ4v) is 2.47. The Balaban J connectivity index is 2.14. The topological polar surface area (TPSA) is 40.7 Å². The SMILES string of the molecule is CCC(NC(CC)c1ncc[nH]1)c1cccc(Cl)c1. The summed E-state index contributed by atoms with van der Waals surface area (Å²) in [7, 11) is 0. The summed E-state index contributed by atoms with van der Waals surface area (Å²) in [5, 5.41) is 4.43. The fourth-order valence-electron chi connectivity index (χ4n) is 2.27. The van der Waals surface area contributed by atoms with Crippen LogP contribution in [0.1, 0.15) is 50.2 Å². The van der Waals surface area contributed by atoms with Gasteiger partial charge < -0.3 is 10.3 Å². The van der Waals surface area contributed by atoms with E-state index in [9.17, 15) is 0 Å². The van der Waals surface area contributed by atoms with Gasteiger partial charge in [0.2, 0.25) is 0 Å². The van der Waals surface area contributed by atoms with Crippen molar-refractivity contribution in [2.75, 3.05) is 0 Å². The molecule has 0 bridgehead atoms. The highest BCUT2D eigenvalue weighted by molar-refractivity contribution is 6.30. The Bertz CT molecular complexity index is 496. The van der Waals surface area contributed by atoms with Gasteiger partial charge >= 0.3 is 0 Å². The predicted octanol–water partition coefficient (Wildman–Crippen LogP) is 4.26. The van der Waals surface area contributed by atoms with E-state index in [0.29, 0.717) is 0 Å². The highest BCUT2D eigenvalue weighted by Crippen LogP contribution is 2.24. The summed E-state index contributed by atoms with van der Waals surface area (Å²) >= 11 is 6.07. The number of imidazole rings is 1. The van der Waals surface area contributed by atoms with Gasteiger partial charge in [-0.2, -0.15) is 0 Å². The van der Waals surface area contributed by atoms with Gasteiger partial charge in [0, 0.05) is 23.5 Å². The molecule has 0 radical (unpaired) electrons. The van der Waals surface area contributed by atoms with Crippen LogP contribution in [0.3, 0.4) is 0 Å². The van der Waals surface area contributed by atoms with Crippen LogP contribution in [0.4, 0.5) is 0 Å². The van der Waals surface area contributed by atoms with Crippen LogP contribution in [0.25, 0.3) is 0 Å². The minimum Gasteiger partial charge on any atom is -0.347 e. The minimum absolute atomic E-state index is 0.235. The highest BCUT2D eigenvalue weighted by Gasteiger charge is 2.17. The lowest BCUT2D eigenvalue weighted by molar-refractivity contribution is 0.413. The Morgan fingerprint density at radius 2 is 2.05 bits per heavy atom. The van der Waals surface area contributed by atoms with E-state index < -0.39 is 0 Å². The van der Waals surface area contributed by atoms with E-state index >= 15 is 0 Å². The second kappa shape index (κ2) is 6.73. The Labute approximate surface area is 119 Å². The predicted molar refractivity (Wildman–Crippen MR) is 79.2 cm³/mol. The molecule has 0 aliphatic rings. The van der Waals surface area contributed by atoms with Crippen LogP contribution < -0.4 is 5.32 Å². The van der Waals surface area contributed by atoms with Crippen molar-refractivity contribution < 1.29 is 0 Å². The molecule has 1 aromatic carbocycles. The van der Waals surface area contributed by atoms with Gasteiger partial charge in [-0.1, -0.05) is 37.6 Å². The average Bonchev–Trinajstić information content (AvgIpc) is 2.94. The lowest BCUT2D eigenvalue weighted by Crippen LogP contribution is -2.26. The molecule has 0 spiro atoms. The van der Waals surface area contributed by atoms with Gasteiger partial charge in [0.15, 0.2) is 0 Å². The highest BCUT2D eigenvalue weighted by atomic mass is 35.5. The summed E-state index contributed by atoms with van der Waals surface area (Å²) in [5.74, 6) is 0.989. The summed E-state index contributed by atoms with van der Waals surface area (Å²) in [6.07, 6.45) is 5.65. The normalized spacial score (nSPS) is 14.3. The van der Waals surface area contributed by atoms with Crippen LogP contribution in [0.5, 0.6) is 0 Å². The molecule has 2 N–H and O–H groups in total. The molecule has 1 heterocycles. The number of nitrogens with zero attached hydrogens (tertiary/aromatic N) is 1. The van der Waals surface area contributed by atoms with Crippen molar-refractivity contribution in [2.45, 2.75) is 38.8 Å². The number of benzene rings is 1. The molecule has 0 aliphatic heterocycles. The van der Waals surface area contributed by atoms with Crippen LogP contribution in [0.15, 0.2) is 36.7 Å². The third-order valence-electron chi connectivity index (χ3n) is 3.32. The zero-order chi connectivity index (χ0) is 13.7. The maximum absolute atomic E-state index is 6.07. The van der Waals surface area contributed by atoms with Gasteiger partial charge in [0.25, 0.3) is 0 Å². The van der Waals surface area contributed by atoms with E-state index in [4.69, 9.17) is 11.6 Å². The molecule has 0 fully saturated rings. The molecule has 0 amide bonds. The minimum atomic E-state index is 0.235. The van der Waals surface area contributed by atoms with E-state index in [-0.39, 0.29) is 12.1 Å². The number of aromatic nitrogens is 2. The van der Waals surface area contributed by atoms with Gasteiger partial charge in [-0.3, -0.25) is 0 Å². The molecule has 0 saturated carbocycles. The van der Waals surface area contributed by atoms with Crippen molar-refractivity contribution in [1.82, 2.24) is 15.3 Å². The van der Waals surface area contributed by atoms with Crippen molar-refractivity contribution in [2.24, 2.45) is 0 Å². The molecule has 3 nitrogen and oxygen atoms in total. The molecular formula is C15H20ClN3. The largest absolute Gasteiger partial charge is 0.347 e. The molecule has 2 aromatic rings. The second-order valence-corrected chi connectivity index (χ2v) is 5.05. The first-order chi connectivity index (χ1) is 9.24. The number of aromatic amines is 1. The molecule has 0 saturated heterocycles. The lowest BCUT2D eigenvalue weighted by Gasteiger charge is -2.23. The van der Waals surface area contributed by atoms with Crippen LogP contribution in [0.2, 0.25) is 5.02 Å². The first kappa shape index (κ1) is 14.1. The third-order valence-corrected chi connectivity index (χ3v) is 3.55. The lowest BCUT2D eigenvalue weighted by atomic mass is 10.0. The number of rotatable bonds is 6. The zero-order valence-corrected chi connectivity index (χ0v) is 12.1. The molecule has 4 heteroatoms. The van der Waals surface area contributed by atoms with E-state index in [0.717, 1.165) is 23.7 Å².